The maximum atomic E-state index is 14.5. The van der Waals surface area contributed by atoms with Crippen molar-refractivity contribution < 1.29 is 32.3 Å². The molecule has 5 aromatic carbocycles. The first-order valence-electron chi connectivity index (χ1n) is 14.7. The normalized spacial score (nSPS) is 12.0. The van der Waals surface area contributed by atoms with Crippen LogP contribution in [-0.4, -0.2) is 21.9 Å². The lowest BCUT2D eigenvalue weighted by Crippen LogP contribution is -2.30. The summed E-state index contributed by atoms with van der Waals surface area (Å²) in [4.78, 5) is 27.8. The summed E-state index contributed by atoms with van der Waals surface area (Å²) in [6.45, 7) is 3.23. The third-order valence-electron chi connectivity index (χ3n) is 8.34. The van der Waals surface area contributed by atoms with Crippen LogP contribution in [-0.2, 0) is 29.5 Å². The van der Waals surface area contributed by atoms with Crippen LogP contribution < -0.4 is 0 Å². The molecule has 6 aromatic rings. The molecule has 0 saturated heterocycles. The van der Waals surface area contributed by atoms with Crippen LogP contribution >= 0.6 is 0 Å². The summed E-state index contributed by atoms with van der Waals surface area (Å²) >= 11 is 0. The third kappa shape index (κ3) is 5.98. The maximum Gasteiger partial charge on any atom is 0.449 e. The predicted molar refractivity (Wildman–Crippen MR) is 171 cm³/mol. The maximum absolute atomic E-state index is 14.5. The first-order chi connectivity index (χ1) is 21.9. The number of furan rings is 1. The van der Waals surface area contributed by atoms with E-state index in [1.54, 1.807) is 19.9 Å². The lowest BCUT2D eigenvalue weighted by Gasteiger charge is -2.24. The van der Waals surface area contributed by atoms with Crippen LogP contribution in [0.5, 0.6) is 0 Å². The summed E-state index contributed by atoms with van der Waals surface area (Å²) < 4.78 is 45.2. The Kier molecular flexibility index (Phi) is 7.90. The van der Waals surface area contributed by atoms with Gasteiger partial charge in [0.2, 0.25) is 5.76 Å². The second kappa shape index (κ2) is 11.9. The lowest BCUT2D eigenvalue weighted by atomic mass is 9.83. The molecule has 0 aliphatic heterocycles. The van der Waals surface area contributed by atoms with Crippen LogP contribution in [0.25, 0.3) is 32.7 Å². The van der Waals surface area contributed by atoms with Gasteiger partial charge in [0.15, 0.2) is 0 Å². The molecule has 0 aliphatic rings. The minimum atomic E-state index is -4.65. The van der Waals surface area contributed by atoms with E-state index >= 15 is 0 Å². The number of fused-ring (bicyclic) bond motifs is 2. The zero-order chi connectivity index (χ0) is 32.6. The van der Waals surface area contributed by atoms with Gasteiger partial charge in [-0.05, 0) is 75.8 Å². The van der Waals surface area contributed by atoms with E-state index in [4.69, 9.17) is 4.42 Å². The molecule has 0 unspecified atom stereocenters. The van der Waals surface area contributed by atoms with Crippen molar-refractivity contribution in [1.82, 2.24) is 4.90 Å². The number of carbonyl (C=O) groups excluding carboxylic acids is 1. The molecule has 0 saturated carbocycles. The highest BCUT2D eigenvalue weighted by atomic mass is 19.4. The van der Waals surface area contributed by atoms with Gasteiger partial charge in [-0.2, -0.15) is 13.2 Å². The Morgan fingerprint density at radius 2 is 1.35 bits per heavy atom. The molecule has 0 atom stereocenters. The number of hydrogen-bond donors (Lipinski definition) is 1. The van der Waals surface area contributed by atoms with Crippen molar-refractivity contribution in [2.75, 3.05) is 0 Å². The smallest absolute Gasteiger partial charge is 0.449 e. The Morgan fingerprint density at radius 3 is 1.93 bits per heavy atom. The first-order valence-corrected chi connectivity index (χ1v) is 14.7. The van der Waals surface area contributed by atoms with Crippen LogP contribution in [0.15, 0.2) is 120 Å². The number of nitrogens with zero attached hydrogens (tertiary/aromatic N) is 1. The van der Waals surface area contributed by atoms with Crippen molar-refractivity contribution >= 4 is 33.4 Å². The van der Waals surface area contributed by atoms with Gasteiger partial charge >= 0.3 is 12.1 Å². The number of hydrogen-bond acceptors (Lipinski definition) is 3. The lowest BCUT2D eigenvalue weighted by molar-refractivity contribution is -0.153. The fraction of sp³-hybridized carbons (Fsp3) is 0.158. The number of carboxylic acids is 1. The van der Waals surface area contributed by atoms with Gasteiger partial charge < -0.3 is 14.4 Å². The number of alkyl halides is 3. The molecule has 232 valence electrons. The summed E-state index contributed by atoms with van der Waals surface area (Å²) in [7, 11) is 0. The van der Waals surface area contributed by atoms with Crippen LogP contribution in [0.1, 0.15) is 46.9 Å². The third-order valence-corrected chi connectivity index (χ3v) is 8.34. The molecule has 5 nitrogen and oxygen atoms in total. The topological polar surface area (TPSA) is 70.8 Å². The fourth-order valence-corrected chi connectivity index (χ4v) is 5.64. The largest absolute Gasteiger partial charge is 0.481 e. The Morgan fingerprint density at radius 1 is 0.717 bits per heavy atom. The van der Waals surface area contributed by atoms with Crippen LogP contribution in [0.2, 0.25) is 0 Å². The molecule has 8 heteroatoms. The molecular weight excluding hydrogens is 591 g/mol. The van der Waals surface area contributed by atoms with Gasteiger partial charge in [0.25, 0.3) is 5.91 Å². The van der Waals surface area contributed by atoms with E-state index in [0.717, 1.165) is 44.3 Å². The molecule has 0 fully saturated rings. The second-order valence-electron chi connectivity index (χ2n) is 11.8. The van der Waals surface area contributed by atoms with Crippen LogP contribution in [0, 0.1) is 0 Å². The van der Waals surface area contributed by atoms with E-state index in [1.165, 1.54) is 11.0 Å². The highest BCUT2D eigenvalue weighted by Crippen LogP contribution is 2.34. The van der Waals surface area contributed by atoms with Gasteiger partial charge in [0, 0.05) is 6.54 Å². The van der Waals surface area contributed by atoms with Gasteiger partial charge in [-0.15, -0.1) is 0 Å². The van der Waals surface area contributed by atoms with E-state index < -0.39 is 23.3 Å². The van der Waals surface area contributed by atoms with Crippen molar-refractivity contribution in [2.24, 2.45) is 0 Å². The number of benzene rings is 5. The van der Waals surface area contributed by atoms with Crippen molar-refractivity contribution in [3.8, 4) is 11.1 Å². The van der Waals surface area contributed by atoms with Gasteiger partial charge in [-0.3, -0.25) is 9.59 Å². The van der Waals surface area contributed by atoms with Crippen molar-refractivity contribution in [2.45, 2.75) is 38.5 Å². The van der Waals surface area contributed by atoms with E-state index in [0.29, 0.717) is 11.1 Å². The summed E-state index contributed by atoms with van der Waals surface area (Å²) in [5, 5.41) is 12.9. The van der Waals surface area contributed by atoms with E-state index in [9.17, 15) is 27.9 Å². The van der Waals surface area contributed by atoms with E-state index in [2.05, 4.69) is 0 Å². The number of halogens is 3. The standard InChI is InChI=1S/C38H30F3NO4/c1-37(2,36(44)45)29-11-7-10-26(21-29)25-16-14-24(15-17-25)22-42(23-30-18-19-33(46-30)38(39,40)41)35(43)34-31-12-5-3-8-27(31)20-28-9-4-6-13-32(28)34/h3-21H,22-23H2,1-2H3,(H,44,45). The molecule has 0 bridgehead atoms. The van der Waals surface area contributed by atoms with Crippen molar-refractivity contribution in [1.29, 1.82) is 0 Å². The van der Waals surface area contributed by atoms with Crippen LogP contribution in [0.4, 0.5) is 13.2 Å². The van der Waals surface area contributed by atoms with Crippen molar-refractivity contribution in [3.63, 3.8) is 0 Å². The SMILES string of the molecule is CC(C)(C(=O)O)c1cccc(-c2ccc(CN(Cc3ccc(C(F)(F)F)o3)C(=O)c3c4ccccc4cc4ccccc34)cc2)c1. The predicted octanol–water partition coefficient (Wildman–Crippen LogP) is 9.48. The molecular formula is C38H30F3NO4. The monoisotopic (exact) mass is 621 g/mol. The van der Waals surface area contributed by atoms with E-state index in [1.807, 2.05) is 97.1 Å². The van der Waals surface area contributed by atoms with Gasteiger partial charge in [0.05, 0.1) is 17.5 Å². The summed E-state index contributed by atoms with van der Waals surface area (Å²) in [6.07, 6.45) is -4.65. The molecule has 0 spiro atoms. The number of carboxylic acid groups (broad SMARTS) is 1. The summed E-state index contributed by atoms with van der Waals surface area (Å²) in [6, 6.07) is 34.0. The highest BCUT2D eigenvalue weighted by Gasteiger charge is 2.35. The molecule has 1 heterocycles. The van der Waals surface area contributed by atoms with Crippen LogP contribution in [0.3, 0.4) is 0 Å². The summed E-state index contributed by atoms with van der Waals surface area (Å²) in [5.41, 5.74) is 2.50. The Balaban J connectivity index is 1.38. The molecule has 6 rings (SSSR count). The fourth-order valence-electron chi connectivity index (χ4n) is 5.64. The van der Waals surface area contributed by atoms with Gasteiger partial charge in [-0.25, -0.2) is 0 Å². The van der Waals surface area contributed by atoms with E-state index in [-0.39, 0.29) is 24.8 Å². The minimum absolute atomic E-state index is 0.0136. The molecule has 46 heavy (non-hydrogen) atoms. The molecule has 0 aliphatic carbocycles. The summed E-state index contributed by atoms with van der Waals surface area (Å²) in [5.74, 6) is -2.38. The van der Waals surface area contributed by atoms with Crippen molar-refractivity contribution in [3.05, 3.63) is 143 Å². The quantitative estimate of drug-likeness (QED) is 0.172. The van der Waals surface area contributed by atoms with Gasteiger partial charge in [0.1, 0.15) is 5.76 Å². The Hall–Kier alpha value is -5.37. The Labute approximate surface area is 263 Å². The second-order valence-corrected chi connectivity index (χ2v) is 11.8. The highest BCUT2D eigenvalue weighted by molar-refractivity contribution is 6.18. The Bertz CT molecular complexity index is 2020. The number of aliphatic carboxylic acids is 1. The zero-order valence-electron chi connectivity index (χ0n) is 25.1. The number of carbonyl (C=O) groups is 2. The van der Waals surface area contributed by atoms with Gasteiger partial charge in [-0.1, -0.05) is 97.1 Å². The zero-order valence-corrected chi connectivity index (χ0v) is 25.1. The number of amides is 1. The average Bonchev–Trinajstić information content (AvgIpc) is 3.53. The average molecular weight is 622 g/mol. The number of rotatable bonds is 8. The first kappa shape index (κ1) is 30.6. The minimum Gasteiger partial charge on any atom is -0.481 e. The molecule has 1 N–H and O–H groups in total. The molecule has 1 aromatic heterocycles. The molecule has 0 radical (unpaired) electrons. The molecule has 1 amide bonds.